The van der Waals surface area contributed by atoms with E-state index in [0.717, 1.165) is 25.7 Å². The van der Waals surface area contributed by atoms with Gasteiger partial charge >= 0.3 is 6.03 Å². The van der Waals surface area contributed by atoms with E-state index < -0.39 is 35.3 Å². The molecule has 1 heterocycles. The van der Waals surface area contributed by atoms with Crippen LogP contribution in [0.2, 0.25) is 10.0 Å². The Labute approximate surface area is 184 Å². The predicted octanol–water partition coefficient (Wildman–Crippen LogP) is 4.25. The lowest BCUT2D eigenvalue weighted by Crippen LogP contribution is -2.46. The van der Waals surface area contributed by atoms with E-state index in [2.05, 4.69) is 16.0 Å². The smallest absolute Gasteiger partial charge is 0.322 e. The third-order valence-electron chi connectivity index (χ3n) is 7.00. The molecule has 6 nitrogen and oxygen atoms in total. The molecule has 3 aliphatic rings. The lowest BCUT2D eigenvalue weighted by atomic mass is 9.76. The molecule has 1 saturated heterocycles. The molecule has 162 valence electrons. The zero-order chi connectivity index (χ0) is 21.7. The molecule has 2 saturated carbocycles. The van der Waals surface area contributed by atoms with Crippen molar-refractivity contribution >= 4 is 41.0 Å². The van der Waals surface area contributed by atoms with Crippen molar-refractivity contribution in [2.75, 3.05) is 0 Å². The van der Waals surface area contributed by atoms with E-state index in [0.29, 0.717) is 12.8 Å². The fourth-order valence-corrected chi connectivity index (χ4v) is 5.68. The topological polar surface area (TPSA) is 87.3 Å². The van der Waals surface area contributed by atoms with Crippen LogP contribution in [0.5, 0.6) is 0 Å². The van der Waals surface area contributed by atoms with Crippen molar-refractivity contribution in [3.63, 3.8) is 0 Å². The molecule has 0 aromatic heterocycles. The van der Waals surface area contributed by atoms with Crippen LogP contribution in [0.1, 0.15) is 63.5 Å². The van der Waals surface area contributed by atoms with Gasteiger partial charge < -0.3 is 10.6 Å². The summed E-state index contributed by atoms with van der Waals surface area (Å²) in [6.45, 7) is 2.03. The van der Waals surface area contributed by atoms with Crippen LogP contribution in [0.15, 0.2) is 12.1 Å². The standard InChI is InChI=1S/C21H24Cl2FN3O3/c1-20(7-2-3-8-20)16(14-13(24)5-4-12(22)15(14)23)25-17(28)11-6-9-21(10-11)18(29)26-19(30)27-21/h4-5,11,16H,2-3,6-10H2,1H3,(H,25,28)(H2,26,27,29,30)/t11?,16-,21?/m1/s1. The van der Waals surface area contributed by atoms with Crippen molar-refractivity contribution in [3.05, 3.63) is 33.6 Å². The SMILES string of the molecule is CC1([C@H](NC(=O)C2CCC3(C2)NC(=O)NC3=O)c2c(F)ccc(Cl)c2Cl)CCCC1. The maximum atomic E-state index is 14.9. The van der Waals surface area contributed by atoms with Gasteiger partial charge in [0.2, 0.25) is 5.91 Å². The van der Waals surface area contributed by atoms with Crippen molar-refractivity contribution in [3.8, 4) is 0 Å². The van der Waals surface area contributed by atoms with E-state index in [9.17, 15) is 18.8 Å². The molecule has 0 radical (unpaired) electrons. The molecule has 4 rings (SSSR count). The van der Waals surface area contributed by atoms with Gasteiger partial charge in [-0.05, 0) is 49.7 Å². The Bertz CT molecular complexity index is 919. The van der Waals surface area contributed by atoms with Crippen molar-refractivity contribution in [2.45, 2.75) is 63.5 Å². The van der Waals surface area contributed by atoms with Gasteiger partial charge in [0.05, 0.1) is 16.1 Å². The summed E-state index contributed by atoms with van der Waals surface area (Å²) in [5.41, 5.74) is -1.19. The number of carbonyl (C=O) groups excluding carboxylic acids is 3. The number of hydrogen-bond acceptors (Lipinski definition) is 3. The number of amides is 4. The Morgan fingerprint density at radius 3 is 2.57 bits per heavy atom. The fraction of sp³-hybridized carbons (Fsp3) is 0.571. The predicted molar refractivity (Wildman–Crippen MR) is 111 cm³/mol. The summed E-state index contributed by atoms with van der Waals surface area (Å²) < 4.78 is 14.9. The zero-order valence-electron chi connectivity index (χ0n) is 16.6. The molecule has 9 heteroatoms. The number of carbonyl (C=O) groups is 3. The van der Waals surface area contributed by atoms with Crippen molar-refractivity contribution in [2.24, 2.45) is 11.3 Å². The van der Waals surface area contributed by atoms with Crippen molar-refractivity contribution in [1.82, 2.24) is 16.0 Å². The molecule has 1 spiro atoms. The minimum atomic E-state index is -1.04. The minimum Gasteiger partial charge on any atom is -0.348 e. The molecule has 4 amide bonds. The molecule has 3 atom stereocenters. The zero-order valence-corrected chi connectivity index (χ0v) is 18.1. The van der Waals surface area contributed by atoms with E-state index in [4.69, 9.17) is 23.2 Å². The molecule has 30 heavy (non-hydrogen) atoms. The first-order valence-corrected chi connectivity index (χ1v) is 11.0. The van der Waals surface area contributed by atoms with Gasteiger partial charge in [-0.15, -0.1) is 0 Å². The number of urea groups is 1. The van der Waals surface area contributed by atoms with Gasteiger partial charge in [-0.3, -0.25) is 14.9 Å². The maximum absolute atomic E-state index is 14.9. The van der Waals surface area contributed by atoms with Gasteiger partial charge in [0.25, 0.3) is 5.91 Å². The first-order chi connectivity index (χ1) is 14.2. The lowest BCUT2D eigenvalue weighted by Gasteiger charge is -2.36. The minimum absolute atomic E-state index is 0.111. The van der Waals surface area contributed by atoms with Gasteiger partial charge in [-0.1, -0.05) is 43.0 Å². The van der Waals surface area contributed by atoms with E-state index in [1.54, 1.807) is 0 Å². The van der Waals surface area contributed by atoms with Crippen LogP contribution >= 0.6 is 23.2 Å². The van der Waals surface area contributed by atoms with Crippen LogP contribution in [0.25, 0.3) is 0 Å². The number of nitrogens with one attached hydrogen (secondary N) is 3. The van der Waals surface area contributed by atoms with Gasteiger partial charge in [0, 0.05) is 11.5 Å². The normalized spacial score (nSPS) is 28.5. The number of rotatable bonds is 4. The Morgan fingerprint density at radius 2 is 1.93 bits per heavy atom. The average molecular weight is 456 g/mol. The Hall–Kier alpha value is -1.86. The molecule has 2 unspecified atom stereocenters. The summed E-state index contributed by atoms with van der Waals surface area (Å²) in [5, 5.41) is 8.28. The second-order valence-electron chi connectivity index (χ2n) is 8.99. The van der Waals surface area contributed by atoms with Gasteiger partial charge in [0.15, 0.2) is 0 Å². The molecule has 1 aliphatic heterocycles. The highest BCUT2D eigenvalue weighted by Gasteiger charge is 2.53. The highest BCUT2D eigenvalue weighted by molar-refractivity contribution is 6.42. The largest absolute Gasteiger partial charge is 0.348 e. The number of imide groups is 1. The van der Waals surface area contributed by atoms with E-state index in [1.807, 2.05) is 6.92 Å². The summed E-state index contributed by atoms with van der Waals surface area (Å²) in [5.74, 6) is -1.64. The Balaban J connectivity index is 1.61. The maximum Gasteiger partial charge on any atom is 0.322 e. The third kappa shape index (κ3) is 3.56. The Morgan fingerprint density at radius 1 is 1.23 bits per heavy atom. The van der Waals surface area contributed by atoms with E-state index in [-0.39, 0.29) is 33.4 Å². The van der Waals surface area contributed by atoms with Gasteiger partial charge in [-0.25, -0.2) is 9.18 Å². The molecule has 0 bridgehead atoms. The monoisotopic (exact) mass is 455 g/mol. The van der Waals surface area contributed by atoms with Crippen LogP contribution in [0.4, 0.5) is 9.18 Å². The first-order valence-electron chi connectivity index (χ1n) is 10.2. The molecular weight excluding hydrogens is 432 g/mol. The quantitative estimate of drug-likeness (QED) is 0.468. The third-order valence-corrected chi connectivity index (χ3v) is 7.82. The molecule has 2 aliphatic carbocycles. The van der Waals surface area contributed by atoms with Crippen LogP contribution < -0.4 is 16.0 Å². The van der Waals surface area contributed by atoms with E-state index in [1.165, 1.54) is 12.1 Å². The average Bonchev–Trinajstić information content (AvgIpc) is 3.38. The van der Waals surface area contributed by atoms with Crippen LogP contribution in [-0.2, 0) is 9.59 Å². The van der Waals surface area contributed by atoms with Crippen LogP contribution in [-0.4, -0.2) is 23.4 Å². The molecule has 1 aromatic carbocycles. The number of halogens is 3. The highest BCUT2D eigenvalue weighted by Crippen LogP contribution is 2.50. The molecular formula is C21H24Cl2FN3O3. The van der Waals surface area contributed by atoms with Crippen molar-refractivity contribution in [1.29, 1.82) is 0 Å². The summed E-state index contributed by atoms with van der Waals surface area (Å²) in [6, 6.07) is 1.50. The Kier molecular flexibility index (Phi) is 5.47. The molecule has 3 fully saturated rings. The van der Waals surface area contributed by atoms with Gasteiger partial charge in [0.1, 0.15) is 11.4 Å². The summed E-state index contributed by atoms with van der Waals surface area (Å²) in [4.78, 5) is 37.0. The summed E-state index contributed by atoms with van der Waals surface area (Å²) >= 11 is 12.5. The van der Waals surface area contributed by atoms with Crippen LogP contribution in [0.3, 0.4) is 0 Å². The molecule has 1 aromatic rings. The van der Waals surface area contributed by atoms with E-state index >= 15 is 0 Å². The fourth-order valence-electron chi connectivity index (χ4n) is 5.25. The van der Waals surface area contributed by atoms with Crippen molar-refractivity contribution < 1.29 is 18.8 Å². The second kappa shape index (κ2) is 7.68. The van der Waals surface area contributed by atoms with Gasteiger partial charge in [-0.2, -0.15) is 0 Å². The number of hydrogen-bond donors (Lipinski definition) is 3. The summed E-state index contributed by atoms with van der Waals surface area (Å²) in [7, 11) is 0. The summed E-state index contributed by atoms with van der Waals surface area (Å²) in [6.07, 6.45) is 4.68. The second-order valence-corrected chi connectivity index (χ2v) is 9.77. The lowest BCUT2D eigenvalue weighted by molar-refractivity contribution is -0.127. The highest BCUT2D eigenvalue weighted by atomic mass is 35.5. The number of benzene rings is 1. The van der Waals surface area contributed by atoms with Crippen LogP contribution in [0, 0.1) is 17.2 Å². The molecule has 3 N–H and O–H groups in total. The first kappa shape index (κ1) is 21.4.